The Labute approximate surface area is 187 Å². The lowest BCUT2D eigenvalue weighted by atomic mass is 10.2. The van der Waals surface area contributed by atoms with Gasteiger partial charge >= 0.3 is 6.36 Å². The molecule has 33 heavy (non-hydrogen) atoms. The first-order chi connectivity index (χ1) is 15.8. The van der Waals surface area contributed by atoms with Crippen molar-refractivity contribution >= 4 is 34.8 Å². The number of aryl methyl sites for hydroxylation is 1. The lowest BCUT2D eigenvalue weighted by Crippen LogP contribution is -2.44. The predicted octanol–water partition coefficient (Wildman–Crippen LogP) is 3.29. The fourth-order valence-electron chi connectivity index (χ4n) is 3.34. The van der Waals surface area contributed by atoms with Crippen molar-refractivity contribution in [2.75, 3.05) is 36.4 Å². The van der Waals surface area contributed by atoms with Gasteiger partial charge in [-0.2, -0.15) is 0 Å². The van der Waals surface area contributed by atoms with E-state index in [1.807, 2.05) is 6.92 Å². The molecular formula is C22H21F3N6O2. The Morgan fingerprint density at radius 3 is 2.52 bits per heavy atom. The first kappa shape index (κ1) is 22.5. The molecular weight excluding hydrogens is 437 g/mol. The van der Waals surface area contributed by atoms with Crippen molar-refractivity contribution in [1.82, 2.24) is 20.3 Å². The molecule has 172 valence electrons. The summed E-state index contributed by atoms with van der Waals surface area (Å²) in [6, 6.07) is 8.61. The fourth-order valence-corrected chi connectivity index (χ4v) is 3.34. The molecule has 0 saturated carbocycles. The summed E-state index contributed by atoms with van der Waals surface area (Å²) in [6.45, 7) is 5.26. The summed E-state index contributed by atoms with van der Waals surface area (Å²) in [7, 11) is 0. The number of hydrogen-bond donors (Lipinski definition) is 2. The zero-order valence-electron chi connectivity index (χ0n) is 17.7. The van der Waals surface area contributed by atoms with Gasteiger partial charge in [0.05, 0.1) is 11.2 Å². The number of fused-ring (bicyclic) bond motifs is 1. The quantitative estimate of drug-likeness (QED) is 0.567. The van der Waals surface area contributed by atoms with Crippen LogP contribution in [-0.4, -0.2) is 53.4 Å². The molecule has 1 aromatic carbocycles. The predicted molar refractivity (Wildman–Crippen MR) is 118 cm³/mol. The second-order valence-corrected chi connectivity index (χ2v) is 7.35. The maximum absolute atomic E-state index is 12.3. The van der Waals surface area contributed by atoms with Crippen LogP contribution in [0.15, 0.2) is 42.5 Å². The molecule has 3 heterocycles. The van der Waals surface area contributed by atoms with Crippen LogP contribution in [0, 0.1) is 6.92 Å². The van der Waals surface area contributed by atoms with Crippen LogP contribution < -0.4 is 20.3 Å². The van der Waals surface area contributed by atoms with Crippen LogP contribution in [0.4, 0.5) is 24.9 Å². The van der Waals surface area contributed by atoms with E-state index in [-0.39, 0.29) is 5.75 Å². The molecule has 3 aromatic rings. The number of aromatic nitrogens is 3. The lowest BCUT2D eigenvalue weighted by molar-refractivity contribution is -0.274. The summed E-state index contributed by atoms with van der Waals surface area (Å²) in [5.41, 5.74) is 2.53. The van der Waals surface area contributed by atoms with Gasteiger partial charge in [0, 0.05) is 32.3 Å². The van der Waals surface area contributed by atoms with Crippen molar-refractivity contribution in [1.29, 1.82) is 0 Å². The smallest absolute Gasteiger partial charge is 0.406 e. The van der Waals surface area contributed by atoms with Crippen LogP contribution in [0.1, 0.15) is 11.3 Å². The molecule has 1 aliphatic heterocycles. The number of hydrogen-bond acceptors (Lipinski definition) is 7. The molecule has 4 rings (SSSR count). The number of halogens is 3. The summed E-state index contributed by atoms with van der Waals surface area (Å²) in [5.74, 6) is 0.234. The van der Waals surface area contributed by atoms with Gasteiger partial charge in [-0.3, -0.25) is 4.79 Å². The Morgan fingerprint density at radius 1 is 1.09 bits per heavy atom. The van der Waals surface area contributed by atoms with Crippen LogP contribution in [0.3, 0.4) is 0 Å². The van der Waals surface area contributed by atoms with Gasteiger partial charge in [-0.05, 0) is 42.8 Å². The zero-order chi connectivity index (χ0) is 23.4. The fraction of sp³-hybridized carbons (Fsp3) is 0.273. The molecule has 11 heteroatoms. The third-order valence-corrected chi connectivity index (χ3v) is 4.90. The van der Waals surface area contributed by atoms with Gasteiger partial charge in [0.15, 0.2) is 0 Å². The Hall–Kier alpha value is -3.73. The lowest BCUT2D eigenvalue weighted by Gasteiger charge is -2.27. The number of rotatable bonds is 5. The van der Waals surface area contributed by atoms with E-state index < -0.39 is 12.3 Å². The van der Waals surface area contributed by atoms with Crippen molar-refractivity contribution in [2.24, 2.45) is 0 Å². The standard InChI is InChI=1S/C22H21F3N6O2/c1-14-20-17(28-21(27-14)31-12-10-26-11-13-31)7-8-18(30-20)29-19(32)9-4-15-2-5-16(6-3-15)33-22(23,24)25/h2-9,26H,10-13H2,1H3,(H,29,30,32). The molecule has 1 aliphatic rings. The molecule has 0 aliphatic carbocycles. The minimum absolute atomic E-state index is 0.331. The average molecular weight is 458 g/mol. The van der Waals surface area contributed by atoms with E-state index in [9.17, 15) is 18.0 Å². The topological polar surface area (TPSA) is 92.3 Å². The number of alkyl halides is 3. The number of piperazine rings is 1. The summed E-state index contributed by atoms with van der Waals surface area (Å²) in [6.07, 6.45) is -2.01. The molecule has 1 fully saturated rings. The van der Waals surface area contributed by atoms with E-state index in [1.54, 1.807) is 12.1 Å². The third-order valence-electron chi connectivity index (χ3n) is 4.90. The summed E-state index contributed by atoms with van der Waals surface area (Å²) in [5, 5.41) is 5.96. The number of carbonyl (C=O) groups is 1. The second kappa shape index (κ2) is 9.41. The number of carbonyl (C=O) groups excluding carboxylic acids is 1. The first-order valence-corrected chi connectivity index (χ1v) is 10.2. The van der Waals surface area contributed by atoms with E-state index in [0.717, 1.165) is 26.2 Å². The van der Waals surface area contributed by atoms with E-state index in [1.165, 1.54) is 36.4 Å². The van der Waals surface area contributed by atoms with Crippen molar-refractivity contribution in [3.63, 3.8) is 0 Å². The number of ether oxygens (including phenoxy) is 1. The molecule has 0 spiro atoms. The largest absolute Gasteiger partial charge is 0.573 e. The highest BCUT2D eigenvalue weighted by Crippen LogP contribution is 2.23. The molecule has 8 nitrogen and oxygen atoms in total. The third kappa shape index (κ3) is 5.95. The molecule has 1 saturated heterocycles. The van der Waals surface area contributed by atoms with Gasteiger partial charge in [-0.15, -0.1) is 13.2 Å². The van der Waals surface area contributed by atoms with Crippen molar-refractivity contribution in [2.45, 2.75) is 13.3 Å². The second-order valence-electron chi connectivity index (χ2n) is 7.35. The summed E-state index contributed by atoms with van der Waals surface area (Å²) >= 11 is 0. The van der Waals surface area contributed by atoms with Crippen molar-refractivity contribution < 1.29 is 22.7 Å². The maximum atomic E-state index is 12.3. The normalized spacial score (nSPS) is 14.6. The number of nitrogens with one attached hydrogen (secondary N) is 2. The van der Waals surface area contributed by atoms with Crippen LogP contribution in [-0.2, 0) is 4.79 Å². The molecule has 0 atom stereocenters. The minimum Gasteiger partial charge on any atom is -0.406 e. The van der Waals surface area contributed by atoms with Gasteiger partial charge in [0.1, 0.15) is 17.1 Å². The maximum Gasteiger partial charge on any atom is 0.573 e. The van der Waals surface area contributed by atoms with Crippen molar-refractivity contribution in [3.8, 4) is 5.75 Å². The Morgan fingerprint density at radius 2 is 1.82 bits per heavy atom. The highest BCUT2D eigenvalue weighted by molar-refractivity contribution is 6.01. The molecule has 1 amide bonds. The number of pyridine rings is 1. The first-order valence-electron chi connectivity index (χ1n) is 10.2. The van der Waals surface area contributed by atoms with Crippen molar-refractivity contribution in [3.05, 3.63) is 53.7 Å². The Balaban J connectivity index is 1.42. The number of anilines is 2. The minimum atomic E-state index is -4.75. The average Bonchev–Trinajstić information content (AvgIpc) is 2.78. The van der Waals surface area contributed by atoms with Gasteiger partial charge in [-0.25, -0.2) is 15.0 Å². The molecule has 2 N–H and O–H groups in total. The van der Waals surface area contributed by atoms with E-state index in [0.29, 0.717) is 34.1 Å². The Kier molecular flexibility index (Phi) is 6.40. The monoisotopic (exact) mass is 458 g/mol. The summed E-state index contributed by atoms with van der Waals surface area (Å²) in [4.78, 5) is 28.0. The molecule has 0 unspecified atom stereocenters. The SMILES string of the molecule is Cc1nc(N2CCNCC2)nc2ccc(NC(=O)C=Cc3ccc(OC(F)(F)F)cc3)nc12. The van der Waals surface area contributed by atoms with E-state index in [4.69, 9.17) is 0 Å². The van der Waals surface area contributed by atoms with Crippen LogP contribution in [0.2, 0.25) is 0 Å². The van der Waals surface area contributed by atoms with Crippen LogP contribution >= 0.6 is 0 Å². The molecule has 0 radical (unpaired) electrons. The molecule has 0 bridgehead atoms. The van der Waals surface area contributed by atoms with E-state index >= 15 is 0 Å². The highest BCUT2D eigenvalue weighted by atomic mass is 19.4. The van der Waals surface area contributed by atoms with Crippen LogP contribution in [0.5, 0.6) is 5.75 Å². The van der Waals surface area contributed by atoms with Gasteiger partial charge in [-0.1, -0.05) is 12.1 Å². The van der Waals surface area contributed by atoms with Gasteiger partial charge in [0.2, 0.25) is 11.9 Å². The zero-order valence-corrected chi connectivity index (χ0v) is 17.7. The van der Waals surface area contributed by atoms with E-state index in [2.05, 4.69) is 35.2 Å². The number of amides is 1. The number of benzene rings is 1. The van der Waals surface area contributed by atoms with Gasteiger partial charge < -0.3 is 20.3 Å². The van der Waals surface area contributed by atoms with Gasteiger partial charge in [0.25, 0.3) is 0 Å². The highest BCUT2D eigenvalue weighted by Gasteiger charge is 2.30. The summed E-state index contributed by atoms with van der Waals surface area (Å²) < 4.78 is 40.5. The Bertz CT molecular complexity index is 1180. The molecule has 2 aromatic heterocycles. The van der Waals surface area contributed by atoms with Crippen LogP contribution in [0.25, 0.3) is 17.1 Å². The number of nitrogens with zero attached hydrogens (tertiary/aromatic N) is 4.